The highest BCUT2D eigenvalue weighted by molar-refractivity contribution is 5.90. The van der Waals surface area contributed by atoms with Crippen LogP contribution in [-0.2, 0) is 0 Å². The van der Waals surface area contributed by atoms with Crippen molar-refractivity contribution in [2.75, 3.05) is 5.73 Å². The second kappa shape index (κ2) is 4.44. The molecule has 0 aliphatic heterocycles. The number of nitrogen functional groups attached to an aromatic ring is 1. The topological polar surface area (TPSA) is 65.2 Å². The van der Waals surface area contributed by atoms with Crippen LogP contribution >= 0.6 is 0 Å². The number of hydrogen-bond acceptors (Lipinski definition) is 4. The van der Waals surface area contributed by atoms with Crippen LogP contribution in [0.4, 0.5) is 5.82 Å². The summed E-state index contributed by atoms with van der Waals surface area (Å²) in [6, 6.07) is 12.0. The van der Waals surface area contributed by atoms with E-state index in [1.807, 2.05) is 6.07 Å². The summed E-state index contributed by atoms with van der Waals surface area (Å²) in [6.45, 7) is 0. The van der Waals surface area contributed by atoms with Crippen molar-refractivity contribution in [3.63, 3.8) is 0 Å². The summed E-state index contributed by atoms with van der Waals surface area (Å²) in [5.41, 5.74) is 5.79. The fourth-order valence-electron chi connectivity index (χ4n) is 1.18. The molecule has 0 aliphatic rings. The van der Waals surface area contributed by atoms with Crippen molar-refractivity contribution in [2.45, 2.75) is 0 Å². The number of nitrogens with zero attached hydrogens (tertiary/aromatic N) is 1. The minimum absolute atomic E-state index is 0.372. The molecule has 2 N–H and O–H groups in total. The van der Waals surface area contributed by atoms with Crippen LogP contribution in [0.5, 0.6) is 5.75 Å². The second-order valence-electron chi connectivity index (χ2n) is 3.17. The highest BCUT2D eigenvalue weighted by atomic mass is 16.5. The standard InChI is InChI=1S/C12H10N2O2/c13-11-7-6-9(8-14-11)12(15)16-10-4-2-1-3-5-10/h1-8H,(H2,13,14). The highest BCUT2D eigenvalue weighted by Crippen LogP contribution is 2.11. The Morgan fingerprint density at radius 1 is 1.12 bits per heavy atom. The molecule has 0 saturated carbocycles. The van der Waals surface area contributed by atoms with Crippen molar-refractivity contribution in [1.82, 2.24) is 4.98 Å². The van der Waals surface area contributed by atoms with Gasteiger partial charge in [0.25, 0.3) is 0 Å². The molecule has 2 rings (SSSR count). The van der Waals surface area contributed by atoms with Crippen LogP contribution in [0.3, 0.4) is 0 Å². The molecule has 0 atom stereocenters. The third-order valence-corrected chi connectivity index (χ3v) is 1.98. The maximum absolute atomic E-state index is 11.6. The monoisotopic (exact) mass is 214 g/mol. The molecular formula is C12H10N2O2. The molecule has 0 fully saturated rings. The zero-order valence-corrected chi connectivity index (χ0v) is 8.46. The Bertz CT molecular complexity index is 480. The number of pyridine rings is 1. The molecular weight excluding hydrogens is 204 g/mol. The number of carbonyl (C=O) groups is 1. The molecule has 4 nitrogen and oxygen atoms in total. The van der Waals surface area contributed by atoms with Gasteiger partial charge in [-0.1, -0.05) is 18.2 Å². The number of anilines is 1. The molecule has 1 aromatic carbocycles. The smallest absolute Gasteiger partial charge is 0.345 e. The summed E-state index contributed by atoms with van der Waals surface area (Å²) in [6.07, 6.45) is 1.39. The first kappa shape index (κ1) is 10.2. The van der Waals surface area contributed by atoms with Crippen LogP contribution in [0.25, 0.3) is 0 Å². The predicted molar refractivity (Wildman–Crippen MR) is 60.0 cm³/mol. The molecule has 0 bridgehead atoms. The van der Waals surface area contributed by atoms with Crippen molar-refractivity contribution in [3.8, 4) is 5.75 Å². The van der Waals surface area contributed by atoms with Gasteiger partial charge in [-0.3, -0.25) is 0 Å². The maximum atomic E-state index is 11.6. The quantitative estimate of drug-likeness (QED) is 0.612. The third kappa shape index (κ3) is 2.36. The van der Waals surface area contributed by atoms with Gasteiger partial charge in [0.1, 0.15) is 11.6 Å². The van der Waals surface area contributed by atoms with Crippen molar-refractivity contribution in [3.05, 3.63) is 54.2 Å². The molecule has 0 spiro atoms. The van der Waals surface area contributed by atoms with Crippen molar-refractivity contribution in [2.24, 2.45) is 0 Å². The normalized spacial score (nSPS) is 9.75. The molecule has 4 heteroatoms. The van der Waals surface area contributed by atoms with E-state index in [1.54, 1.807) is 36.4 Å². The predicted octanol–water partition coefficient (Wildman–Crippen LogP) is 1.88. The number of para-hydroxylation sites is 1. The lowest BCUT2D eigenvalue weighted by molar-refractivity contribution is 0.0734. The summed E-state index contributed by atoms with van der Waals surface area (Å²) >= 11 is 0. The number of rotatable bonds is 2. The summed E-state index contributed by atoms with van der Waals surface area (Å²) in [4.78, 5) is 15.4. The minimum atomic E-state index is -0.446. The molecule has 0 aliphatic carbocycles. The number of esters is 1. The largest absolute Gasteiger partial charge is 0.423 e. The lowest BCUT2D eigenvalue weighted by Gasteiger charge is -2.03. The lowest BCUT2D eigenvalue weighted by Crippen LogP contribution is -2.09. The molecule has 0 saturated heterocycles. The Balaban J connectivity index is 2.12. The van der Waals surface area contributed by atoms with E-state index in [0.29, 0.717) is 17.1 Å². The number of aromatic nitrogens is 1. The second-order valence-corrected chi connectivity index (χ2v) is 3.17. The Labute approximate surface area is 92.7 Å². The van der Waals surface area contributed by atoms with E-state index in [4.69, 9.17) is 10.5 Å². The fraction of sp³-hybridized carbons (Fsp3) is 0. The van der Waals surface area contributed by atoms with Crippen molar-refractivity contribution in [1.29, 1.82) is 0 Å². The molecule has 2 aromatic rings. The van der Waals surface area contributed by atoms with E-state index >= 15 is 0 Å². The Hall–Kier alpha value is -2.36. The van der Waals surface area contributed by atoms with E-state index in [2.05, 4.69) is 4.98 Å². The molecule has 0 radical (unpaired) electrons. The number of ether oxygens (including phenoxy) is 1. The maximum Gasteiger partial charge on any atom is 0.345 e. The number of hydrogen-bond donors (Lipinski definition) is 1. The zero-order chi connectivity index (χ0) is 11.4. The van der Waals surface area contributed by atoms with Crippen LogP contribution in [-0.4, -0.2) is 11.0 Å². The molecule has 16 heavy (non-hydrogen) atoms. The Morgan fingerprint density at radius 2 is 1.88 bits per heavy atom. The average molecular weight is 214 g/mol. The first-order chi connectivity index (χ1) is 7.75. The van der Waals surface area contributed by atoms with E-state index < -0.39 is 5.97 Å². The Morgan fingerprint density at radius 3 is 2.50 bits per heavy atom. The van der Waals surface area contributed by atoms with E-state index in [9.17, 15) is 4.79 Å². The molecule has 0 amide bonds. The SMILES string of the molecule is Nc1ccc(C(=O)Oc2ccccc2)cn1. The van der Waals surface area contributed by atoms with E-state index in [0.717, 1.165) is 0 Å². The number of benzene rings is 1. The van der Waals surface area contributed by atoms with Crippen LogP contribution in [0.15, 0.2) is 48.7 Å². The summed E-state index contributed by atoms with van der Waals surface area (Å²) in [5.74, 6) is 0.430. The number of nitrogens with two attached hydrogens (primary N) is 1. The van der Waals surface area contributed by atoms with Gasteiger partial charge >= 0.3 is 5.97 Å². The average Bonchev–Trinajstić information content (AvgIpc) is 2.31. The van der Waals surface area contributed by atoms with Crippen molar-refractivity contribution >= 4 is 11.8 Å². The summed E-state index contributed by atoms with van der Waals surface area (Å²) < 4.78 is 5.12. The summed E-state index contributed by atoms with van der Waals surface area (Å²) in [7, 11) is 0. The van der Waals surface area contributed by atoms with Crippen LogP contribution in [0.1, 0.15) is 10.4 Å². The van der Waals surface area contributed by atoms with Gasteiger partial charge < -0.3 is 10.5 Å². The Kier molecular flexibility index (Phi) is 2.82. The van der Waals surface area contributed by atoms with E-state index in [1.165, 1.54) is 6.20 Å². The zero-order valence-electron chi connectivity index (χ0n) is 8.46. The van der Waals surface area contributed by atoms with Crippen molar-refractivity contribution < 1.29 is 9.53 Å². The van der Waals surface area contributed by atoms with Crippen LogP contribution in [0.2, 0.25) is 0 Å². The first-order valence-electron chi connectivity index (χ1n) is 4.74. The molecule has 1 heterocycles. The summed E-state index contributed by atoms with van der Waals surface area (Å²) in [5, 5.41) is 0. The molecule has 80 valence electrons. The number of carbonyl (C=O) groups excluding carboxylic acids is 1. The molecule has 0 unspecified atom stereocenters. The molecule has 1 aromatic heterocycles. The van der Waals surface area contributed by atoms with Gasteiger partial charge in [0.15, 0.2) is 0 Å². The van der Waals surface area contributed by atoms with Gasteiger partial charge in [0.05, 0.1) is 5.56 Å². The third-order valence-electron chi connectivity index (χ3n) is 1.98. The van der Waals surface area contributed by atoms with Gasteiger partial charge in [-0.15, -0.1) is 0 Å². The fourth-order valence-corrected chi connectivity index (χ4v) is 1.18. The van der Waals surface area contributed by atoms with Gasteiger partial charge in [-0.2, -0.15) is 0 Å². The van der Waals surface area contributed by atoms with Crippen LogP contribution < -0.4 is 10.5 Å². The van der Waals surface area contributed by atoms with Gasteiger partial charge in [0.2, 0.25) is 0 Å². The lowest BCUT2D eigenvalue weighted by atomic mass is 10.3. The highest BCUT2D eigenvalue weighted by Gasteiger charge is 2.08. The van der Waals surface area contributed by atoms with Gasteiger partial charge in [-0.25, -0.2) is 9.78 Å². The van der Waals surface area contributed by atoms with Crippen LogP contribution in [0, 0.1) is 0 Å². The van der Waals surface area contributed by atoms with Gasteiger partial charge in [-0.05, 0) is 24.3 Å². The minimum Gasteiger partial charge on any atom is -0.423 e. The van der Waals surface area contributed by atoms with Gasteiger partial charge in [0, 0.05) is 6.20 Å². The first-order valence-corrected chi connectivity index (χ1v) is 4.74. The van der Waals surface area contributed by atoms with E-state index in [-0.39, 0.29) is 0 Å².